The number of hydrogen-bond donors (Lipinski definition) is 3. The molecule has 24 heavy (non-hydrogen) atoms. The van der Waals surface area contributed by atoms with Crippen molar-refractivity contribution in [2.24, 2.45) is 0 Å². The lowest BCUT2D eigenvalue weighted by Gasteiger charge is -2.04. The Morgan fingerprint density at radius 1 is 1.38 bits per heavy atom. The molecule has 2 heterocycles. The first-order valence-corrected chi connectivity index (χ1v) is 7.49. The van der Waals surface area contributed by atoms with E-state index in [1.807, 2.05) is 13.1 Å². The minimum atomic E-state index is -1.17. The second kappa shape index (κ2) is 6.53. The van der Waals surface area contributed by atoms with Gasteiger partial charge in [0.25, 0.3) is 0 Å². The number of aromatic carboxylic acids is 1. The zero-order valence-electron chi connectivity index (χ0n) is 13.1. The van der Waals surface area contributed by atoms with Gasteiger partial charge in [0.15, 0.2) is 5.69 Å². The summed E-state index contributed by atoms with van der Waals surface area (Å²) in [6, 6.07) is 6.21. The largest absolute Gasteiger partial charge is 0.476 e. The summed E-state index contributed by atoms with van der Waals surface area (Å²) in [5.74, 6) is -1.41. The Hall–Kier alpha value is -3.16. The van der Waals surface area contributed by atoms with E-state index in [1.165, 1.54) is 16.4 Å². The molecule has 2 aromatic heterocycles. The Morgan fingerprint density at radius 3 is 2.96 bits per heavy atom. The minimum Gasteiger partial charge on any atom is -0.476 e. The van der Waals surface area contributed by atoms with E-state index in [4.69, 9.17) is 5.11 Å². The highest BCUT2D eigenvalue weighted by Crippen LogP contribution is 2.19. The van der Waals surface area contributed by atoms with Crippen molar-refractivity contribution in [2.75, 3.05) is 6.54 Å². The van der Waals surface area contributed by atoms with Gasteiger partial charge >= 0.3 is 5.97 Å². The van der Waals surface area contributed by atoms with Crippen molar-refractivity contribution in [3.63, 3.8) is 0 Å². The van der Waals surface area contributed by atoms with Gasteiger partial charge < -0.3 is 15.4 Å². The number of benzene rings is 1. The summed E-state index contributed by atoms with van der Waals surface area (Å²) in [7, 11) is 0. The second-order valence-electron chi connectivity index (χ2n) is 5.57. The Balaban J connectivity index is 1.53. The number of carboxylic acids is 1. The van der Waals surface area contributed by atoms with Gasteiger partial charge in [0.05, 0.1) is 6.20 Å². The van der Waals surface area contributed by atoms with Gasteiger partial charge in [0.2, 0.25) is 5.91 Å². The van der Waals surface area contributed by atoms with Crippen molar-refractivity contribution in [1.82, 2.24) is 25.3 Å². The van der Waals surface area contributed by atoms with Gasteiger partial charge in [-0.2, -0.15) is 0 Å². The fourth-order valence-electron chi connectivity index (χ4n) is 2.52. The van der Waals surface area contributed by atoms with Crippen LogP contribution in [-0.4, -0.2) is 43.5 Å². The molecule has 124 valence electrons. The summed E-state index contributed by atoms with van der Waals surface area (Å²) in [6.45, 7) is 2.47. The first-order valence-electron chi connectivity index (χ1n) is 7.49. The predicted molar refractivity (Wildman–Crippen MR) is 86.7 cm³/mol. The number of carbonyl (C=O) groups excluding carboxylic acids is 1. The minimum absolute atomic E-state index is 0.0621. The van der Waals surface area contributed by atoms with Crippen LogP contribution < -0.4 is 5.32 Å². The molecule has 0 atom stereocenters. The lowest BCUT2D eigenvalue weighted by atomic mass is 10.1. The zero-order chi connectivity index (χ0) is 17.1. The smallest absolute Gasteiger partial charge is 0.358 e. The molecule has 0 unspecified atom stereocenters. The summed E-state index contributed by atoms with van der Waals surface area (Å²) in [5.41, 5.74) is 3.23. The highest BCUT2D eigenvalue weighted by molar-refractivity contribution is 5.85. The van der Waals surface area contributed by atoms with Crippen molar-refractivity contribution in [1.29, 1.82) is 0 Å². The number of fused-ring (bicyclic) bond motifs is 1. The average Bonchev–Trinajstić information content (AvgIpc) is 3.14. The van der Waals surface area contributed by atoms with E-state index in [-0.39, 0.29) is 18.1 Å². The Bertz CT molecular complexity index is 896. The number of aryl methyl sites for hydroxylation is 1. The number of aromatic amines is 1. The summed E-state index contributed by atoms with van der Waals surface area (Å²) in [5, 5.41) is 19.8. The number of H-pyrrole nitrogens is 1. The first kappa shape index (κ1) is 15.7. The third-order valence-electron chi connectivity index (χ3n) is 3.70. The molecular weight excluding hydrogens is 310 g/mol. The monoisotopic (exact) mass is 327 g/mol. The maximum absolute atomic E-state index is 11.9. The summed E-state index contributed by atoms with van der Waals surface area (Å²) < 4.78 is 1.20. The molecule has 0 aliphatic rings. The van der Waals surface area contributed by atoms with E-state index in [2.05, 4.69) is 38.8 Å². The van der Waals surface area contributed by atoms with Gasteiger partial charge in [-0.15, -0.1) is 5.10 Å². The van der Waals surface area contributed by atoms with Crippen LogP contribution in [0.5, 0.6) is 0 Å². The highest BCUT2D eigenvalue weighted by Gasteiger charge is 2.10. The van der Waals surface area contributed by atoms with Gasteiger partial charge in [-0.05, 0) is 30.5 Å². The number of carboxylic acid groups (broad SMARTS) is 1. The SMILES string of the molecule is Cc1ccc2c(CCNC(=O)Cn3cc(C(=O)O)nn3)c[nH]c2c1. The van der Waals surface area contributed by atoms with E-state index in [0.29, 0.717) is 13.0 Å². The van der Waals surface area contributed by atoms with E-state index in [9.17, 15) is 9.59 Å². The van der Waals surface area contributed by atoms with Crippen molar-refractivity contribution < 1.29 is 14.7 Å². The molecule has 3 N–H and O–H groups in total. The van der Waals surface area contributed by atoms with E-state index >= 15 is 0 Å². The molecule has 0 aliphatic carbocycles. The number of aromatic nitrogens is 4. The third kappa shape index (κ3) is 3.43. The Kier molecular flexibility index (Phi) is 4.28. The third-order valence-corrected chi connectivity index (χ3v) is 3.70. The number of rotatable bonds is 6. The molecule has 0 radical (unpaired) electrons. The fourth-order valence-corrected chi connectivity index (χ4v) is 2.52. The fraction of sp³-hybridized carbons (Fsp3) is 0.250. The molecule has 8 nitrogen and oxygen atoms in total. The van der Waals surface area contributed by atoms with Gasteiger partial charge in [0.1, 0.15) is 6.54 Å². The number of carbonyl (C=O) groups is 2. The zero-order valence-corrected chi connectivity index (χ0v) is 13.1. The number of nitrogens with one attached hydrogen (secondary N) is 2. The molecule has 0 spiro atoms. The molecule has 0 aliphatic heterocycles. The standard InChI is InChI=1S/C16H17N5O3/c1-10-2-3-12-11(7-18-13(12)6-10)4-5-17-15(22)9-21-8-14(16(23)24)19-20-21/h2-3,6-8,18H,4-5,9H2,1H3,(H,17,22)(H,23,24). The van der Waals surface area contributed by atoms with Crippen LogP contribution in [0.15, 0.2) is 30.6 Å². The Labute approximate surface area is 137 Å². The van der Waals surface area contributed by atoms with Crippen molar-refractivity contribution in [3.05, 3.63) is 47.4 Å². The number of amides is 1. The van der Waals surface area contributed by atoms with E-state index < -0.39 is 5.97 Å². The van der Waals surface area contributed by atoms with Crippen molar-refractivity contribution in [2.45, 2.75) is 19.9 Å². The molecular formula is C16H17N5O3. The van der Waals surface area contributed by atoms with Crippen LogP contribution in [0.2, 0.25) is 0 Å². The van der Waals surface area contributed by atoms with Gasteiger partial charge in [-0.3, -0.25) is 4.79 Å². The van der Waals surface area contributed by atoms with Crippen LogP contribution in [0.3, 0.4) is 0 Å². The van der Waals surface area contributed by atoms with Gasteiger partial charge in [0, 0.05) is 23.6 Å². The molecule has 1 aromatic carbocycles. The van der Waals surface area contributed by atoms with Gasteiger partial charge in [-0.25, -0.2) is 9.48 Å². The summed E-state index contributed by atoms with van der Waals surface area (Å²) in [6.07, 6.45) is 3.88. The van der Waals surface area contributed by atoms with Crippen LogP contribution in [0.4, 0.5) is 0 Å². The summed E-state index contributed by atoms with van der Waals surface area (Å²) >= 11 is 0. The maximum Gasteiger partial charge on any atom is 0.358 e. The van der Waals surface area contributed by atoms with Crippen LogP contribution in [-0.2, 0) is 17.8 Å². The second-order valence-corrected chi connectivity index (χ2v) is 5.57. The number of hydrogen-bond acceptors (Lipinski definition) is 4. The van der Waals surface area contributed by atoms with Gasteiger partial charge in [-0.1, -0.05) is 17.3 Å². The molecule has 0 bridgehead atoms. The van der Waals surface area contributed by atoms with Crippen LogP contribution in [0.1, 0.15) is 21.6 Å². The normalized spacial score (nSPS) is 10.9. The highest BCUT2D eigenvalue weighted by atomic mass is 16.4. The average molecular weight is 327 g/mol. The lowest BCUT2D eigenvalue weighted by molar-refractivity contribution is -0.121. The van der Waals surface area contributed by atoms with Crippen LogP contribution in [0.25, 0.3) is 10.9 Å². The van der Waals surface area contributed by atoms with Crippen LogP contribution >= 0.6 is 0 Å². The Morgan fingerprint density at radius 2 is 2.21 bits per heavy atom. The van der Waals surface area contributed by atoms with Crippen molar-refractivity contribution in [3.8, 4) is 0 Å². The van der Waals surface area contributed by atoms with E-state index in [1.54, 1.807) is 0 Å². The molecule has 3 aromatic rings. The topological polar surface area (TPSA) is 113 Å². The molecule has 0 saturated heterocycles. The first-order chi connectivity index (χ1) is 11.5. The maximum atomic E-state index is 11.9. The molecule has 1 amide bonds. The quantitative estimate of drug-likeness (QED) is 0.628. The van der Waals surface area contributed by atoms with Crippen LogP contribution in [0, 0.1) is 6.92 Å². The summed E-state index contributed by atoms with van der Waals surface area (Å²) in [4.78, 5) is 25.8. The molecule has 0 saturated carbocycles. The lowest BCUT2D eigenvalue weighted by Crippen LogP contribution is -2.29. The molecule has 3 rings (SSSR count). The van der Waals surface area contributed by atoms with Crippen molar-refractivity contribution >= 4 is 22.8 Å². The molecule has 8 heteroatoms. The van der Waals surface area contributed by atoms with E-state index in [0.717, 1.165) is 16.5 Å². The molecule has 0 fully saturated rings. The predicted octanol–water partition coefficient (Wildman–Crippen LogP) is 1.12. The number of nitrogens with zero attached hydrogens (tertiary/aromatic N) is 3.